The SMILES string of the molecule is O=C(Nc1cc(Br)ccc1F)N1CCCC1. The average molecular weight is 287 g/mol. The normalized spacial score (nSPS) is 15.2. The molecule has 1 aliphatic heterocycles. The van der Waals surface area contributed by atoms with E-state index < -0.39 is 5.82 Å². The maximum absolute atomic E-state index is 13.4. The minimum atomic E-state index is -0.421. The number of hydrogen-bond acceptors (Lipinski definition) is 1. The van der Waals surface area contributed by atoms with Crippen LogP contribution in [-0.4, -0.2) is 24.0 Å². The third-order valence-electron chi connectivity index (χ3n) is 2.56. The van der Waals surface area contributed by atoms with Crippen LogP contribution in [-0.2, 0) is 0 Å². The summed E-state index contributed by atoms with van der Waals surface area (Å²) in [7, 11) is 0. The molecule has 1 fully saturated rings. The van der Waals surface area contributed by atoms with Gasteiger partial charge in [-0.3, -0.25) is 0 Å². The van der Waals surface area contributed by atoms with Crippen molar-refractivity contribution in [2.45, 2.75) is 12.8 Å². The number of amides is 2. The highest BCUT2D eigenvalue weighted by atomic mass is 79.9. The van der Waals surface area contributed by atoms with E-state index >= 15 is 0 Å². The molecule has 1 aromatic carbocycles. The van der Waals surface area contributed by atoms with Crippen molar-refractivity contribution in [1.82, 2.24) is 4.90 Å². The molecule has 1 N–H and O–H groups in total. The van der Waals surface area contributed by atoms with Gasteiger partial charge < -0.3 is 10.2 Å². The summed E-state index contributed by atoms with van der Waals surface area (Å²) in [5, 5.41) is 2.57. The van der Waals surface area contributed by atoms with E-state index in [-0.39, 0.29) is 11.7 Å². The zero-order chi connectivity index (χ0) is 11.5. The quantitative estimate of drug-likeness (QED) is 0.845. The number of hydrogen-bond donors (Lipinski definition) is 1. The zero-order valence-electron chi connectivity index (χ0n) is 8.67. The fourth-order valence-electron chi connectivity index (χ4n) is 1.71. The summed E-state index contributed by atoms with van der Waals surface area (Å²) in [5.41, 5.74) is 0.214. The molecule has 3 nitrogen and oxygen atoms in total. The highest BCUT2D eigenvalue weighted by Crippen LogP contribution is 2.21. The van der Waals surface area contributed by atoms with E-state index in [1.807, 2.05) is 0 Å². The average Bonchev–Trinajstić information content (AvgIpc) is 2.76. The molecule has 16 heavy (non-hydrogen) atoms. The molecule has 5 heteroatoms. The summed E-state index contributed by atoms with van der Waals surface area (Å²) < 4.78 is 14.1. The number of nitrogens with zero attached hydrogens (tertiary/aromatic N) is 1. The van der Waals surface area contributed by atoms with E-state index in [1.165, 1.54) is 6.07 Å². The van der Waals surface area contributed by atoms with Crippen LogP contribution in [0.4, 0.5) is 14.9 Å². The van der Waals surface area contributed by atoms with Gasteiger partial charge in [-0.1, -0.05) is 15.9 Å². The highest BCUT2D eigenvalue weighted by molar-refractivity contribution is 9.10. The Kier molecular flexibility index (Phi) is 3.43. The van der Waals surface area contributed by atoms with Gasteiger partial charge in [-0.2, -0.15) is 0 Å². The molecule has 0 aromatic heterocycles. The van der Waals surface area contributed by atoms with E-state index in [0.717, 1.165) is 30.4 Å². The van der Waals surface area contributed by atoms with Gasteiger partial charge in [0.1, 0.15) is 5.82 Å². The molecule has 0 atom stereocenters. The van der Waals surface area contributed by atoms with Crippen LogP contribution in [0.2, 0.25) is 0 Å². The zero-order valence-corrected chi connectivity index (χ0v) is 10.3. The van der Waals surface area contributed by atoms with Gasteiger partial charge in [0.15, 0.2) is 0 Å². The van der Waals surface area contributed by atoms with E-state index in [9.17, 15) is 9.18 Å². The molecule has 1 heterocycles. The number of carbonyl (C=O) groups is 1. The lowest BCUT2D eigenvalue weighted by atomic mass is 10.3. The van der Waals surface area contributed by atoms with Crippen molar-refractivity contribution in [2.75, 3.05) is 18.4 Å². The molecule has 0 spiro atoms. The Morgan fingerprint density at radius 2 is 2.06 bits per heavy atom. The van der Waals surface area contributed by atoms with Crippen molar-refractivity contribution in [3.05, 3.63) is 28.5 Å². The number of benzene rings is 1. The van der Waals surface area contributed by atoms with Crippen molar-refractivity contribution in [3.63, 3.8) is 0 Å². The van der Waals surface area contributed by atoms with Crippen LogP contribution in [0.15, 0.2) is 22.7 Å². The van der Waals surface area contributed by atoms with Crippen LogP contribution < -0.4 is 5.32 Å². The summed E-state index contributed by atoms with van der Waals surface area (Å²) in [4.78, 5) is 13.4. The number of halogens is 2. The van der Waals surface area contributed by atoms with Gasteiger partial charge in [0.25, 0.3) is 0 Å². The van der Waals surface area contributed by atoms with Crippen LogP contribution in [0.3, 0.4) is 0 Å². The van der Waals surface area contributed by atoms with Crippen molar-refractivity contribution < 1.29 is 9.18 Å². The molecule has 2 amide bonds. The number of rotatable bonds is 1. The third-order valence-corrected chi connectivity index (χ3v) is 3.06. The Morgan fingerprint density at radius 3 is 2.75 bits per heavy atom. The number of anilines is 1. The van der Waals surface area contributed by atoms with Gasteiger partial charge in [0.2, 0.25) is 0 Å². The molecule has 0 radical (unpaired) electrons. The first-order valence-corrected chi connectivity index (χ1v) is 5.97. The van der Waals surface area contributed by atoms with Crippen LogP contribution in [0.1, 0.15) is 12.8 Å². The lowest BCUT2D eigenvalue weighted by Gasteiger charge is -2.16. The van der Waals surface area contributed by atoms with E-state index in [4.69, 9.17) is 0 Å². The number of carbonyl (C=O) groups excluding carboxylic acids is 1. The van der Waals surface area contributed by atoms with E-state index in [0.29, 0.717) is 0 Å². The maximum Gasteiger partial charge on any atom is 0.321 e. The molecule has 1 saturated heterocycles. The number of urea groups is 1. The van der Waals surface area contributed by atoms with Gasteiger partial charge in [-0.15, -0.1) is 0 Å². The van der Waals surface area contributed by atoms with Crippen molar-refractivity contribution in [2.24, 2.45) is 0 Å². The van der Waals surface area contributed by atoms with Gasteiger partial charge in [0.05, 0.1) is 5.69 Å². The predicted molar refractivity (Wildman–Crippen MR) is 63.9 cm³/mol. The van der Waals surface area contributed by atoms with Crippen molar-refractivity contribution in [1.29, 1.82) is 0 Å². The lowest BCUT2D eigenvalue weighted by Crippen LogP contribution is -2.32. The number of likely N-dealkylation sites (tertiary alicyclic amines) is 1. The molecule has 2 rings (SSSR count). The second kappa shape index (κ2) is 4.82. The second-order valence-electron chi connectivity index (χ2n) is 3.75. The van der Waals surface area contributed by atoms with Gasteiger partial charge >= 0.3 is 6.03 Å². The first kappa shape index (κ1) is 11.4. The van der Waals surface area contributed by atoms with Gasteiger partial charge in [-0.05, 0) is 31.0 Å². The predicted octanol–water partition coefficient (Wildman–Crippen LogP) is 3.22. The fourth-order valence-corrected chi connectivity index (χ4v) is 2.07. The Balaban J connectivity index is 2.07. The molecule has 0 unspecified atom stereocenters. The third kappa shape index (κ3) is 2.52. The van der Waals surface area contributed by atoms with Gasteiger partial charge in [-0.25, -0.2) is 9.18 Å². The first-order chi connectivity index (χ1) is 7.66. The maximum atomic E-state index is 13.4. The Morgan fingerprint density at radius 1 is 1.38 bits per heavy atom. The molecule has 1 aliphatic rings. The van der Waals surface area contributed by atoms with Crippen LogP contribution >= 0.6 is 15.9 Å². The molecular formula is C11H12BrFN2O. The van der Waals surface area contributed by atoms with Crippen LogP contribution in [0, 0.1) is 5.82 Å². The Bertz CT molecular complexity index is 405. The smallest absolute Gasteiger partial charge is 0.321 e. The van der Waals surface area contributed by atoms with Gasteiger partial charge in [0, 0.05) is 17.6 Å². The highest BCUT2D eigenvalue weighted by Gasteiger charge is 2.18. The minimum Gasteiger partial charge on any atom is -0.325 e. The first-order valence-electron chi connectivity index (χ1n) is 5.18. The lowest BCUT2D eigenvalue weighted by molar-refractivity contribution is 0.222. The summed E-state index contributed by atoms with van der Waals surface area (Å²) in [6, 6.07) is 4.25. The molecule has 86 valence electrons. The summed E-state index contributed by atoms with van der Waals surface area (Å²) >= 11 is 3.24. The molecular weight excluding hydrogens is 275 g/mol. The standard InChI is InChI=1S/C11H12BrFN2O/c12-8-3-4-9(13)10(7-8)14-11(16)15-5-1-2-6-15/h3-4,7H,1-2,5-6H2,(H,14,16). The number of nitrogens with one attached hydrogen (secondary N) is 1. The van der Waals surface area contributed by atoms with Crippen molar-refractivity contribution in [3.8, 4) is 0 Å². The van der Waals surface area contributed by atoms with Crippen molar-refractivity contribution >= 4 is 27.6 Å². The van der Waals surface area contributed by atoms with E-state index in [1.54, 1.807) is 17.0 Å². The van der Waals surface area contributed by atoms with Crippen LogP contribution in [0.25, 0.3) is 0 Å². The largest absolute Gasteiger partial charge is 0.325 e. The summed E-state index contributed by atoms with van der Waals surface area (Å²) in [5.74, 6) is -0.421. The molecule has 0 aliphatic carbocycles. The Hall–Kier alpha value is -1.10. The second-order valence-corrected chi connectivity index (χ2v) is 4.66. The molecule has 0 bridgehead atoms. The summed E-state index contributed by atoms with van der Waals surface area (Å²) in [6.07, 6.45) is 2.04. The monoisotopic (exact) mass is 286 g/mol. The Labute approximate surface area is 102 Å². The molecule has 0 saturated carbocycles. The van der Waals surface area contributed by atoms with Crippen LogP contribution in [0.5, 0.6) is 0 Å². The minimum absolute atomic E-state index is 0.214. The molecule has 1 aromatic rings. The summed E-state index contributed by atoms with van der Waals surface area (Å²) in [6.45, 7) is 1.50. The van der Waals surface area contributed by atoms with E-state index in [2.05, 4.69) is 21.2 Å². The fraction of sp³-hybridized carbons (Fsp3) is 0.364. The topological polar surface area (TPSA) is 32.3 Å².